The van der Waals surface area contributed by atoms with Crippen molar-refractivity contribution >= 4 is 43.5 Å². The molecule has 5 heteroatoms. The first-order valence-corrected chi connectivity index (χ1v) is 13.9. The molecular weight excluding hydrogens is 510 g/mol. The Labute approximate surface area is 234 Å². The van der Waals surface area contributed by atoms with Crippen LogP contribution in [0.1, 0.15) is 0 Å². The largest absolute Gasteiger partial charge is 0.455 e. The fourth-order valence-electron chi connectivity index (χ4n) is 5.27. The van der Waals surface area contributed by atoms with Crippen molar-refractivity contribution in [2.75, 3.05) is 0 Å². The molecule has 0 fully saturated rings. The Hall–Kier alpha value is -5.13. The lowest BCUT2D eigenvalue weighted by atomic mass is 10.0. The fourth-order valence-corrected chi connectivity index (χ4v) is 6.26. The van der Waals surface area contributed by atoms with Gasteiger partial charge in [0, 0.05) is 27.5 Å². The lowest BCUT2D eigenvalue weighted by molar-refractivity contribution is 0.670. The highest BCUT2D eigenvalue weighted by atomic mass is 32.1. The van der Waals surface area contributed by atoms with E-state index in [-0.39, 0.29) is 0 Å². The summed E-state index contributed by atoms with van der Waals surface area (Å²) in [5.41, 5.74) is 8.40. The zero-order valence-corrected chi connectivity index (χ0v) is 22.1. The van der Waals surface area contributed by atoms with E-state index in [1.54, 1.807) is 11.3 Å². The molecule has 0 saturated carbocycles. The van der Waals surface area contributed by atoms with Gasteiger partial charge in [-0.1, -0.05) is 97.1 Å². The highest BCUT2D eigenvalue weighted by Crippen LogP contribution is 2.42. The van der Waals surface area contributed by atoms with Crippen LogP contribution in [0.15, 0.2) is 132 Å². The molecule has 0 unspecified atom stereocenters. The third kappa shape index (κ3) is 3.79. The van der Waals surface area contributed by atoms with E-state index in [1.807, 2.05) is 66.7 Å². The van der Waals surface area contributed by atoms with Crippen LogP contribution in [0.2, 0.25) is 0 Å². The van der Waals surface area contributed by atoms with Crippen molar-refractivity contribution in [3.8, 4) is 44.5 Å². The van der Waals surface area contributed by atoms with Crippen LogP contribution in [0.25, 0.3) is 76.6 Å². The van der Waals surface area contributed by atoms with E-state index in [1.165, 1.54) is 0 Å². The van der Waals surface area contributed by atoms with Crippen molar-refractivity contribution in [3.05, 3.63) is 127 Å². The summed E-state index contributed by atoms with van der Waals surface area (Å²) in [6, 6.07) is 43.2. The number of para-hydroxylation sites is 2. The molecule has 0 aliphatic carbocycles. The van der Waals surface area contributed by atoms with Crippen molar-refractivity contribution in [3.63, 3.8) is 0 Å². The van der Waals surface area contributed by atoms with E-state index in [9.17, 15) is 0 Å². The average Bonchev–Trinajstić information content (AvgIpc) is 3.63. The fraction of sp³-hybridized carbons (Fsp3) is 0. The molecule has 188 valence electrons. The molecule has 0 amide bonds. The monoisotopic (exact) mass is 531 g/mol. The molecule has 8 rings (SSSR count). The van der Waals surface area contributed by atoms with Gasteiger partial charge < -0.3 is 4.42 Å². The molecule has 0 saturated heterocycles. The Morgan fingerprint density at radius 3 is 1.93 bits per heavy atom. The molecule has 0 radical (unpaired) electrons. The summed E-state index contributed by atoms with van der Waals surface area (Å²) in [6.07, 6.45) is 0. The average molecular weight is 532 g/mol. The molecule has 0 aliphatic rings. The number of aromatic nitrogens is 3. The first kappa shape index (κ1) is 22.8. The highest BCUT2D eigenvalue weighted by molar-refractivity contribution is 7.21. The maximum absolute atomic E-state index is 6.54. The Balaban J connectivity index is 1.37. The minimum atomic E-state index is 0.666. The van der Waals surface area contributed by atoms with Crippen molar-refractivity contribution in [1.82, 2.24) is 15.0 Å². The van der Waals surface area contributed by atoms with Gasteiger partial charge in [0.25, 0.3) is 0 Å². The molecule has 0 aliphatic heterocycles. The van der Waals surface area contributed by atoms with E-state index in [2.05, 4.69) is 60.7 Å². The minimum absolute atomic E-state index is 0.666. The molecule has 4 nitrogen and oxygen atoms in total. The second-order valence-corrected chi connectivity index (χ2v) is 10.7. The molecule has 8 aromatic rings. The van der Waals surface area contributed by atoms with E-state index in [4.69, 9.17) is 19.4 Å². The van der Waals surface area contributed by atoms with Gasteiger partial charge >= 0.3 is 0 Å². The first-order chi connectivity index (χ1) is 19.8. The number of benzene rings is 5. The zero-order chi connectivity index (χ0) is 26.5. The van der Waals surface area contributed by atoms with Crippen molar-refractivity contribution in [2.45, 2.75) is 0 Å². The first-order valence-electron chi connectivity index (χ1n) is 13.1. The van der Waals surface area contributed by atoms with Gasteiger partial charge in [-0.05, 0) is 30.3 Å². The summed E-state index contributed by atoms with van der Waals surface area (Å²) in [6.45, 7) is 0. The van der Waals surface area contributed by atoms with Crippen LogP contribution >= 0.6 is 11.3 Å². The van der Waals surface area contributed by atoms with E-state index >= 15 is 0 Å². The second kappa shape index (κ2) is 9.26. The van der Waals surface area contributed by atoms with Crippen LogP contribution in [0.4, 0.5) is 0 Å². The van der Waals surface area contributed by atoms with Gasteiger partial charge in [-0.25, -0.2) is 15.0 Å². The summed E-state index contributed by atoms with van der Waals surface area (Å²) >= 11 is 1.68. The van der Waals surface area contributed by atoms with Gasteiger partial charge in [0.05, 0.1) is 27.2 Å². The number of nitrogens with zero attached hydrogens (tertiary/aromatic N) is 3. The third-order valence-electron chi connectivity index (χ3n) is 7.15. The molecule has 3 aromatic heterocycles. The van der Waals surface area contributed by atoms with Gasteiger partial charge in [-0.15, -0.1) is 11.3 Å². The van der Waals surface area contributed by atoms with Crippen molar-refractivity contribution < 1.29 is 4.42 Å². The maximum atomic E-state index is 6.54. The summed E-state index contributed by atoms with van der Waals surface area (Å²) in [5, 5.41) is 2.98. The summed E-state index contributed by atoms with van der Waals surface area (Å²) in [7, 11) is 0. The molecular formula is C35H21N3OS. The molecule has 5 aromatic carbocycles. The smallest absolute Gasteiger partial charge is 0.161 e. The second-order valence-electron chi connectivity index (χ2n) is 9.64. The topological polar surface area (TPSA) is 51.8 Å². The van der Waals surface area contributed by atoms with E-state index in [0.29, 0.717) is 5.82 Å². The Kier molecular flexibility index (Phi) is 5.28. The lowest BCUT2D eigenvalue weighted by Crippen LogP contribution is -1.96. The minimum Gasteiger partial charge on any atom is -0.455 e. The highest BCUT2D eigenvalue weighted by Gasteiger charge is 2.20. The van der Waals surface area contributed by atoms with Crippen LogP contribution in [-0.2, 0) is 0 Å². The Bertz CT molecular complexity index is 2070. The third-order valence-corrected chi connectivity index (χ3v) is 8.22. The SMILES string of the molecule is c1ccc(-c2cc(-c3ccccc3)nc(-c3cccc4oc5c(-c6nc7ccccc7s6)cccc5c34)n2)cc1. The molecule has 0 N–H and O–H groups in total. The molecule has 0 bridgehead atoms. The van der Waals surface area contributed by atoms with Crippen LogP contribution in [0.5, 0.6) is 0 Å². The molecule has 0 spiro atoms. The van der Waals surface area contributed by atoms with Crippen LogP contribution in [0, 0.1) is 0 Å². The van der Waals surface area contributed by atoms with Gasteiger partial charge in [0.15, 0.2) is 5.82 Å². The predicted octanol–water partition coefficient (Wildman–Crippen LogP) is 9.65. The van der Waals surface area contributed by atoms with Gasteiger partial charge in [-0.3, -0.25) is 0 Å². The number of thiazole rings is 1. The Morgan fingerprint density at radius 1 is 0.550 bits per heavy atom. The summed E-state index contributed by atoms with van der Waals surface area (Å²) in [4.78, 5) is 15.1. The quantitative estimate of drug-likeness (QED) is 0.227. The number of rotatable bonds is 4. The summed E-state index contributed by atoms with van der Waals surface area (Å²) < 4.78 is 7.70. The molecule has 40 heavy (non-hydrogen) atoms. The van der Waals surface area contributed by atoms with Gasteiger partial charge in [-0.2, -0.15) is 0 Å². The number of fused-ring (bicyclic) bond motifs is 4. The number of hydrogen-bond acceptors (Lipinski definition) is 5. The molecule has 3 heterocycles. The number of hydrogen-bond donors (Lipinski definition) is 0. The van der Waals surface area contributed by atoms with Gasteiger partial charge in [0.1, 0.15) is 16.2 Å². The van der Waals surface area contributed by atoms with Crippen LogP contribution in [-0.4, -0.2) is 15.0 Å². The normalized spacial score (nSPS) is 11.5. The van der Waals surface area contributed by atoms with E-state index in [0.717, 1.165) is 70.8 Å². The van der Waals surface area contributed by atoms with Gasteiger partial charge in [0.2, 0.25) is 0 Å². The van der Waals surface area contributed by atoms with Crippen LogP contribution < -0.4 is 0 Å². The molecule has 0 atom stereocenters. The van der Waals surface area contributed by atoms with Crippen molar-refractivity contribution in [2.24, 2.45) is 0 Å². The number of furan rings is 1. The Morgan fingerprint density at radius 2 is 1.20 bits per heavy atom. The predicted molar refractivity (Wildman–Crippen MR) is 164 cm³/mol. The summed E-state index contributed by atoms with van der Waals surface area (Å²) in [5.74, 6) is 0.666. The lowest BCUT2D eigenvalue weighted by Gasteiger charge is -2.10. The van der Waals surface area contributed by atoms with Crippen LogP contribution in [0.3, 0.4) is 0 Å². The standard InChI is InChI=1S/C35H21N3OS/c1-3-11-22(12-4-1)28-21-29(23-13-5-2-6-14-23)37-34(36-28)25-16-10-19-30-32(25)24-15-9-17-26(33(24)39-30)35-38-27-18-7-8-20-31(27)40-35/h1-21H. The van der Waals surface area contributed by atoms with Crippen molar-refractivity contribution in [1.29, 1.82) is 0 Å². The zero-order valence-electron chi connectivity index (χ0n) is 21.3. The maximum Gasteiger partial charge on any atom is 0.161 e. The van der Waals surface area contributed by atoms with E-state index < -0.39 is 0 Å².